The van der Waals surface area contributed by atoms with E-state index in [1.54, 1.807) is 18.2 Å². The van der Waals surface area contributed by atoms with Crippen LogP contribution in [-0.4, -0.2) is 22.0 Å². The van der Waals surface area contributed by atoms with Crippen LogP contribution in [0.15, 0.2) is 30.5 Å². The highest BCUT2D eigenvalue weighted by molar-refractivity contribution is 5.53. The van der Waals surface area contributed by atoms with Crippen LogP contribution in [-0.2, 0) is 6.61 Å². The molecule has 3 N–H and O–H groups in total. The van der Waals surface area contributed by atoms with Gasteiger partial charge in [0.05, 0.1) is 11.8 Å². The maximum atomic E-state index is 12.2. The van der Waals surface area contributed by atoms with Gasteiger partial charge in [0.15, 0.2) is 0 Å². The smallest absolute Gasteiger partial charge is 0.236 e. The third kappa shape index (κ3) is 2.62. The molecule has 0 spiro atoms. The molecule has 0 unspecified atom stereocenters. The number of benzene rings is 1. The average molecular weight is 253 g/mol. The molecule has 0 amide bonds. The normalized spacial score (nSPS) is 10.3. The summed E-state index contributed by atoms with van der Waals surface area (Å²) in [5, 5.41) is 12.6. The lowest BCUT2D eigenvalue weighted by Gasteiger charge is -2.11. The summed E-state index contributed by atoms with van der Waals surface area (Å²) < 4.78 is 22.3. The summed E-state index contributed by atoms with van der Waals surface area (Å²) in [6, 6.07) is 6.40. The van der Waals surface area contributed by atoms with Crippen molar-refractivity contribution < 1.29 is 19.1 Å². The van der Waals surface area contributed by atoms with Gasteiger partial charge in [0.25, 0.3) is 0 Å². The minimum Gasteiger partial charge on any atom is -0.471 e. The first-order valence-electron chi connectivity index (χ1n) is 5.14. The molecule has 0 atom stereocenters. The van der Waals surface area contributed by atoms with Crippen molar-refractivity contribution in [1.29, 1.82) is 0 Å². The van der Waals surface area contributed by atoms with Crippen LogP contribution >= 0.6 is 0 Å². The monoisotopic (exact) mass is 253 g/mol. The summed E-state index contributed by atoms with van der Waals surface area (Å²) in [5.74, 6) is 0.549. The Labute approximate surface area is 102 Å². The number of ether oxygens (including phenoxy) is 2. The van der Waals surface area contributed by atoms with E-state index in [-0.39, 0.29) is 12.5 Å². The van der Waals surface area contributed by atoms with Crippen molar-refractivity contribution >= 4 is 5.69 Å². The van der Waals surface area contributed by atoms with Crippen LogP contribution in [0.1, 0.15) is 5.56 Å². The van der Waals surface area contributed by atoms with E-state index in [0.29, 0.717) is 21.8 Å². The molecule has 2 rings (SSSR count). The lowest BCUT2D eigenvalue weighted by Crippen LogP contribution is -2.04. The van der Waals surface area contributed by atoms with Crippen molar-refractivity contribution in [3.63, 3.8) is 0 Å². The molecule has 0 radical (unpaired) electrons. The Morgan fingerprint density at radius 2 is 2.17 bits per heavy atom. The second kappa shape index (κ2) is 5.26. The first-order chi connectivity index (χ1) is 8.70. The summed E-state index contributed by atoms with van der Waals surface area (Å²) in [6.07, 6.45) is 1.32. The van der Waals surface area contributed by atoms with Crippen LogP contribution in [0.4, 0.5) is 10.1 Å². The highest BCUT2D eigenvalue weighted by Gasteiger charge is 2.09. The van der Waals surface area contributed by atoms with Gasteiger partial charge in [-0.25, -0.2) is 4.39 Å². The standard InChI is InChI=1S/C11H12FN3O3/c12-7-18-10-3-1-2-9(13)8(10)6-17-11-4-5-15(16)14-11/h1-5,16H,6-7,13H2. The summed E-state index contributed by atoms with van der Waals surface area (Å²) in [7, 11) is 0. The highest BCUT2D eigenvalue weighted by Crippen LogP contribution is 2.25. The summed E-state index contributed by atoms with van der Waals surface area (Å²) in [6.45, 7) is -0.874. The topological polar surface area (TPSA) is 82.5 Å². The van der Waals surface area contributed by atoms with E-state index in [1.165, 1.54) is 12.3 Å². The average Bonchev–Trinajstić information content (AvgIpc) is 2.75. The first kappa shape index (κ1) is 12.0. The molecule has 1 aromatic heterocycles. The van der Waals surface area contributed by atoms with Gasteiger partial charge in [-0.3, -0.25) is 0 Å². The van der Waals surface area contributed by atoms with E-state index in [4.69, 9.17) is 20.4 Å². The Balaban J connectivity index is 2.12. The molecule has 0 aliphatic heterocycles. The van der Waals surface area contributed by atoms with Gasteiger partial charge in [0, 0.05) is 11.8 Å². The second-order valence-corrected chi connectivity index (χ2v) is 3.44. The zero-order valence-corrected chi connectivity index (χ0v) is 9.41. The number of alkyl halides is 1. The van der Waals surface area contributed by atoms with Crippen molar-refractivity contribution in [2.45, 2.75) is 6.61 Å². The quantitative estimate of drug-likeness (QED) is 0.624. The number of hydrogen-bond donors (Lipinski definition) is 2. The van der Waals surface area contributed by atoms with E-state index in [1.807, 2.05) is 0 Å². The molecular weight excluding hydrogens is 241 g/mol. The number of rotatable bonds is 5. The Hall–Kier alpha value is -2.44. The van der Waals surface area contributed by atoms with Crippen molar-refractivity contribution in [3.8, 4) is 11.6 Å². The number of aromatic nitrogens is 2. The minimum atomic E-state index is -0.943. The van der Waals surface area contributed by atoms with Crippen molar-refractivity contribution in [1.82, 2.24) is 9.94 Å². The Morgan fingerprint density at radius 1 is 1.33 bits per heavy atom. The summed E-state index contributed by atoms with van der Waals surface area (Å²) in [5.41, 5.74) is 6.73. The van der Waals surface area contributed by atoms with Gasteiger partial charge in [0.1, 0.15) is 12.4 Å². The van der Waals surface area contributed by atoms with Crippen LogP contribution in [0, 0.1) is 0 Å². The highest BCUT2D eigenvalue weighted by atomic mass is 19.1. The van der Waals surface area contributed by atoms with E-state index >= 15 is 0 Å². The SMILES string of the molecule is Nc1cccc(OCF)c1COc1ccn(O)n1. The number of nitrogen functional groups attached to an aromatic ring is 1. The van der Waals surface area contributed by atoms with Gasteiger partial charge in [-0.05, 0) is 12.1 Å². The predicted octanol–water partition coefficient (Wildman–Crippen LogP) is 1.59. The molecule has 0 bridgehead atoms. The zero-order valence-electron chi connectivity index (χ0n) is 9.41. The number of hydrogen-bond acceptors (Lipinski definition) is 5. The Bertz CT molecular complexity index is 530. The van der Waals surface area contributed by atoms with Crippen molar-refractivity contribution in [2.75, 3.05) is 12.6 Å². The molecule has 18 heavy (non-hydrogen) atoms. The van der Waals surface area contributed by atoms with Gasteiger partial charge in [-0.15, -0.1) is 4.85 Å². The summed E-state index contributed by atoms with van der Waals surface area (Å²) in [4.78, 5) is 0.628. The second-order valence-electron chi connectivity index (χ2n) is 3.44. The lowest BCUT2D eigenvalue weighted by molar-refractivity contribution is 0.140. The van der Waals surface area contributed by atoms with Crippen LogP contribution in [0.5, 0.6) is 11.6 Å². The Kier molecular flexibility index (Phi) is 3.52. The third-order valence-electron chi connectivity index (χ3n) is 2.30. The predicted molar refractivity (Wildman–Crippen MR) is 61.2 cm³/mol. The molecular formula is C11H12FN3O3. The minimum absolute atomic E-state index is 0.0685. The summed E-state index contributed by atoms with van der Waals surface area (Å²) >= 11 is 0. The molecule has 0 saturated carbocycles. The van der Waals surface area contributed by atoms with Gasteiger partial charge in [0.2, 0.25) is 12.7 Å². The lowest BCUT2D eigenvalue weighted by atomic mass is 10.1. The van der Waals surface area contributed by atoms with Crippen LogP contribution in [0.25, 0.3) is 0 Å². The number of nitrogens with two attached hydrogens (primary N) is 1. The molecule has 6 nitrogen and oxygen atoms in total. The van der Waals surface area contributed by atoms with E-state index < -0.39 is 6.86 Å². The van der Waals surface area contributed by atoms with Crippen molar-refractivity contribution in [2.24, 2.45) is 0 Å². The molecule has 0 saturated heterocycles. The van der Waals surface area contributed by atoms with Crippen molar-refractivity contribution in [3.05, 3.63) is 36.0 Å². The van der Waals surface area contributed by atoms with Crippen LogP contribution in [0.2, 0.25) is 0 Å². The fraction of sp³-hybridized carbons (Fsp3) is 0.182. The van der Waals surface area contributed by atoms with Crippen LogP contribution < -0.4 is 15.2 Å². The van der Waals surface area contributed by atoms with Gasteiger partial charge >= 0.3 is 0 Å². The fourth-order valence-corrected chi connectivity index (χ4v) is 1.45. The molecule has 1 heterocycles. The van der Waals surface area contributed by atoms with Gasteiger partial charge in [-0.1, -0.05) is 11.2 Å². The number of anilines is 1. The molecule has 7 heteroatoms. The van der Waals surface area contributed by atoms with E-state index in [9.17, 15) is 4.39 Å². The number of halogens is 1. The molecule has 0 aliphatic rings. The molecule has 1 aromatic carbocycles. The van der Waals surface area contributed by atoms with Crippen LogP contribution in [0.3, 0.4) is 0 Å². The first-order valence-corrected chi connectivity index (χ1v) is 5.14. The van der Waals surface area contributed by atoms with Gasteiger partial charge < -0.3 is 20.4 Å². The molecule has 0 fully saturated rings. The zero-order chi connectivity index (χ0) is 13.0. The fourth-order valence-electron chi connectivity index (χ4n) is 1.45. The Morgan fingerprint density at radius 3 is 2.83 bits per heavy atom. The largest absolute Gasteiger partial charge is 0.471 e. The maximum Gasteiger partial charge on any atom is 0.236 e. The third-order valence-corrected chi connectivity index (χ3v) is 2.30. The molecule has 0 aliphatic carbocycles. The number of nitrogens with zero attached hydrogens (tertiary/aromatic N) is 2. The van der Waals surface area contributed by atoms with E-state index in [0.717, 1.165) is 0 Å². The molecule has 2 aromatic rings. The van der Waals surface area contributed by atoms with E-state index in [2.05, 4.69) is 5.10 Å². The molecule has 96 valence electrons. The maximum absolute atomic E-state index is 12.2. The van der Waals surface area contributed by atoms with Gasteiger partial charge in [-0.2, -0.15) is 0 Å².